The molecule has 0 saturated carbocycles. The molecular formula is C19H15Br2N3O4. The van der Waals surface area contributed by atoms with Crippen LogP contribution in [-0.2, 0) is 4.79 Å². The lowest BCUT2D eigenvalue weighted by molar-refractivity contribution is -0.384. The Morgan fingerprint density at radius 1 is 1.36 bits per heavy atom. The predicted octanol–water partition coefficient (Wildman–Crippen LogP) is 5.37. The van der Waals surface area contributed by atoms with Gasteiger partial charge in [-0.25, -0.2) is 0 Å². The lowest BCUT2D eigenvalue weighted by Crippen LogP contribution is -2.14. The van der Waals surface area contributed by atoms with Crippen LogP contribution in [0.15, 0.2) is 44.9 Å². The van der Waals surface area contributed by atoms with Crippen molar-refractivity contribution in [1.82, 2.24) is 0 Å². The Labute approximate surface area is 178 Å². The van der Waals surface area contributed by atoms with E-state index in [9.17, 15) is 20.2 Å². The molecule has 9 heteroatoms. The number of nitriles is 1. The third-order valence-electron chi connectivity index (χ3n) is 3.66. The van der Waals surface area contributed by atoms with E-state index < -0.39 is 10.8 Å². The molecule has 0 aliphatic rings. The van der Waals surface area contributed by atoms with Gasteiger partial charge in [0.15, 0.2) is 0 Å². The quantitative estimate of drug-likeness (QED) is 0.244. The highest BCUT2D eigenvalue weighted by atomic mass is 79.9. The van der Waals surface area contributed by atoms with Crippen LogP contribution in [0.1, 0.15) is 18.1 Å². The average Bonchev–Trinajstić information content (AvgIpc) is 2.63. The van der Waals surface area contributed by atoms with Crippen LogP contribution in [0.3, 0.4) is 0 Å². The van der Waals surface area contributed by atoms with E-state index in [1.807, 2.05) is 13.0 Å². The summed E-state index contributed by atoms with van der Waals surface area (Å²) in [5.74, 6) is -0.115. The molecule has 1 amide bonds. The molecule has 0 aromatic heterocycles. The van der Waals surface area contributed by atoms with Gasteiger partial charge in [0, 0.05) is 27.9 Å². The lowest BCUT2D eigenvalue weighted by Gasteiger charge is -2.11. The van der Waals surface area contributed by atoms with Crippen molar-refractivity contribution >= 4 is 55.2 Å². The maximum atomic E-state index is 12.6. The molecule has 0 bridgehead atoms. The molecular weight excluding hydrogens is 494 g/mol. The molecule has 0 spiro atoms. The lowest BCUT2D eigenvalue weighted by atomic mass is 10.1. The number of aryl methyl sites for hydroxylation is 1. The molecule has 0 fully saturated rings. The summed E-state index contributed by atoms with van der Waals surface area (Å²) in [6, 6.07) is 9.49. The summed E-state index contributed by atoms with van der Waals surface area (Å²) in [5, 5.41) is 22.9. The number of hydrogen-bond donors (Lipinski definition) is 1. The van der Waals surface area contributed by atoms with E-state index in [-0.39, 0.29) is 11.3 Å². The average molecular weight is 509 g/mol. The van der Waals surface area contributed by atoms with Gasteiger partial charge < -0.3 is 10.1 Å². The summed E-state index contributed by atoms with van der Waals surface area (Å²) < 4.78 is 7.03. The monoisotopic (exact) mass is 507 g/mol. The standard InChI is InChI=1S/C19H15Br2N3O4/c1-3-28-18-12(8-14(20)9-16(18)21)7-13(10-22)19(25)23-17-5-4-15(24(26)27)6-11(17)2/h4-9H,3H2,1-2H3,(H,23,25)/b13-7-. The Kier molecular flexibility index (Phi) is 7.31. The molecule has 2 rings (SSSR count). The molecule has 0 aliphatic carbocycles. The minimum atomic E-state index is -0.627. The highest BCUT2D eigenvalue weighted by Crippen LogP contribution is 2.34. The molecule has 1 N–H and O–H groups in total. The smallest absolute Gasteiger partial charge is 0.269 e. The molecule has 0 atom stereocenters. The van der Waals surface area contributed by atoms with Crippen LogP contribution in [0, 0.1) is 28.4 Å². The SMILES string of the molecule is CCOc1c(Br)cc(Br)cc1/C=C(/C#N)C(=O)Nc1ccc([N+](=O)[O-])cc1C. The number of carbonyl (C=O) groups is 1. The molecule has 144 valence electrons. The fourth-order valence-corrected chi connectivity index (χ4v) is 3.75. The second-order valence-electron chi connectivity index (χ2n) is 5.62. The van der Waals surface area contributed by atoms with Crippen LogP contribution < -0.4 is 10.1 Å². The van der Waals surface area contributed by atoms with Gasteiger partial charge in [-0.15, -0.1) is 0 Å². The van der Waals surface area contributed by atoms with Crippen LogP contribution in [0.5, 0.6) is 5.75 Å². The van der Waals surface area contributed by atoms with Crippen molar-refractivity contribution in [2.24, 2.45) is 0 Å². The number of anilines is 1. The summed E-state index contributed by atoms with van der Waals surface area (Å²) in [7, 11) is 0. The Balaban J connectivity index is 2.37. The molecule has 7 nitrogen and oxygen atoms in total. The Morgan fingerprint density at radius 2 is 2.07 bits per heavy atom. The summed E-state index contributed by atoms with van der Waals surface area (Å²) in [6.45, 7) is 3.88. The van der Waals surface area contributed by atoms with Gasteiger partial charge in [0.25, 0.3) is 11.6 Å². The van der Waals surface area contributed by atoms with Crippen LogP contribution in [0.4, 0.5) is 11.4 Å². The van der Waals surface area contributed by atoms with Gasteiger partial charge in [-0.05, 0) is 59.6 Å². The number of hydrogen-bond acceptors (Lipinski definition) is 5. The van der Waals surface area contributed by atoms with Gasteiger partial charge in [0.05, 0.1) is 16.0 Å². The van der Waals surface area contributed by atoms with E-state index in [4.69, 9.17) is 4.74 Å². The van der Waals surface area contributed by atoms with Crippen molar-refractivity contribution in [3.8, 4) is 11.8 Å². The van der Waals surface area contributed by atoms with E-state index in [2.05, 4.69) is 37.2 Å². The van der Waals surface area contributed by atoms with Crippen molar-refractivity contribution in [3.05, 3.63) is 66.1 Å². The first-order valence-corrected chi connectivity index (χ1v) is 9.65. The third-order valence-corrected chi connectivity index (χ3v) is 4.71. The fraction of sp³-hybridized carbons (Fsp3) is 0.158. The molecule has 2 aromatic rings. The van der Waals surface area contributed by atoms with Crippen molar-refractivity contribution in [2.45, 2.75) is 13.8 Å². The van der Waals surface area contributed by atoms with Gasteiger partial charge in [0.1, 0.15) is 17.4 Å². The number of carbonyl (C=O) groups excluding carboxylic acids is 1. The van der Waals surface area contributed by atoms with Crippen LogP contribution in [-0.4, -0.2) is 17.4 Å². The number of halogens is 2. The van der Waals surface area contributed by atoms with Gasteiger partial charge >= 0.3 is 0 Å². The minimum absolute atomic E-state index is 0.0770. The molecule has 0 saturated heterocycles. The number of non-ortho nitro benzene ring substituents is 1. The van der Waals surface area contributed by atoms with Crippen LogP contribution in [0.25, 0.3) is 6.08 Å². The van der Waals surface area contributed by atoms with E-state index >= 15 is 0 Å². The second kappa shape index (κ2) is 9.48. The van der Waals surface area contributed by atoms with Crippen molar-refractivity contribution in [1.29, 1.82) is 5.26 Å². The van der Waals surface area contributed by atoms with Gasteiger partial charge in [0.2, 0.25) is 0 Å². The van der Waals surface area contributed by atoms with Crippen molar-refractivity contribution in [2.75, 3.05) is 11.9 Å². The van der Waals surface area contributed by atoms with E-state index in [1.54, 1.807) is 19.1 Å². The number of nitro benzene ring substituents is 1. The van der Waals surface area contributed by atoms with Crippen molar-refractivity contribution in [3.63, 3.8) is 0 Å². The number of nitro groups is 1. The molecule has 2 aromatic carbocycles. The minimum Gasteiger partial charge on any atom is -0.492 e. The Hall–Kier alpha value is -2.70. The zero-order chi connectivity index (χ0) is 20.8. The molecule has 0 aliphatic heterocycles. The zero-order valence-corrected chi connectivity index (χ0v) is 18.1. The third kappa shape index (κ3) is 5.18. The first-order valence-electron chi connectivity index (χ1n) is 8.06. The highest BCUT2D eigenvalue weighted by Gasteiger charge is 2.16. The van der Waals surface area contributed by atoms with Crippen LogP contribution >= 0.6 is 31.9 Å². The van der Waals surface area contributed by atoms with Crippen LogP contribution in [0.2, 0.25) is 0 Å². The van der Waals surface area contributed by atoms with E-state index in [1.165, 1.54) is 24.3 Å². The number of nitrogens with zero attached hydrogens (tertiary/aromatic N) is 2. The molecule has 0 unspecified atom stereocenters. The Bertz CT molecular complexity index is 1010. The summed E-state index contributed by atoms with van der Waals surface area (Å²) >= 11 is 6.78. The molecule has 28 heavy (non-hydrogen) atoms. The van der Waals surface area contributed by atoms with E-state index in [0.717, 1.165) is 4.47 Å². The topological polar surface area (TPSA) is 105 Å². The first kappa shape index (κ1) is 21.6. The molecule has 0 radical (unpaired) electrons. The predicted molar refractivity (Wildman–Crippen MR) is 113 cm³/mol. The number of amides is 1. The van der Waals surface area contributed by atoms with Gasteiger partial charge in [-0.1, -0.05) is 15.9 Å². The molecule has 0 heterocycles. The van der Waals surface area contributed by atoms with Gasteiger partial charge in [-0.3, -0.25) is 14.9 Å². The normalized spacial score (nSPS) is 10.9. The summed E-state index contributed by atoms with van der Waals surface area (Å²) in [6.07, 6.45) is 1.43. The van der Waals surface area contributed by atoms with Gasteiger partial charge in [-0.2, -0.15) is 5.26 Å². The zero-order valence-electron chi connectivity index (χ0n) is 15.0. The van der Waals surface area contributed by atoms with E-state index in [0.29, 0.717) is 33.6 Å². The number of rotatable bonds is 6. The number of benzene rings is 2. The number of ether oxygens (including phenoxy) is 1. The van der Waals surface area contributed by atoms with Crippen molar-refractivity contribution < 1.29 is 14.5 Å². The fourth-order valence-electron chi connectivity index (χ4n) is 2.38. The maximum Gasteiger partial charge on any atom is 0.269 e. The number of nitrogens with one attached hydrogen (secondary N) is 1. The Morgan fingerprint density at radius 3 is 2.64 bits per heavy atom. The summed E-state index contributed by atoms with van der Waals surface area (Å²) in [5.41, 5.74) is 1.24. The summed E-state index contributed by atoms with van der Waals surface area (Å²) in [4.78, 5) is 22.9. The highest BCUT2D eigenvalue weighted by molar-refractivity contribution is 9.11. The second-order valence-corrected chi connectivity index (χ2v) is 7.39. The maximum absolute atomic E-state index is 12.6. The first-order chi connectivity index (χ1) is 13.3. The largest absolute Gasteiger partial charge is 0.492 e.